The summed E-state index contributed by atoms with van der Waals surface area (Å²) >= 11 is 0. The highest BCUT2D eigenvalue weighted by atomic mass is 16.5. The van der Waals surface area contributed by atoms with Crippen LogP contribution in [0.25, 0.3) is 22.3 Å². The number of hydrogen-bond donors (Lipinski definition) is 1. The standard InChI is InChI=1S/C23H15N5O2.H2/c29-21(22-27-18-3-1-2-4-19(18)28-22)16-5-7-17(8-6-16)30-23-20(25-13-14-26-23)15-9-11-24-12-10-15;/h1-14H,(H,27,28);1H. The fraction of sp³-hybridized carbons (Fsp3) is 0. The number of nitrogens with zero attached hydrogens (tertiary/aromatic N) is 4. The molecule has 0 aliphatic carbocycles. The summed E-state index contributed by atoms with van der Waals surface area (Å²) in [7, 11) is 0. The van der Waals surface area contributed by atoms with Gasteiger partial charge < -0.3 is 9.72 Å². The van der Waals surface area contributed by atoms with Gasteiger partial charge in [-0.15, -0.1) is 0 Å². The molecule has 3 aromatic heterocycles. The number of aromatic nitrogens is 5. The fourth-order valence-corrected chi connectivity index (χ4v) is 3.09. The third kappa shape index (κ3) is 3.40. The Bertz CT molecular complexity index is 1300. The van der Waals surface area contributed by atoms with Crippen molar-refractivity contribution in [3.05, 3.63) is 96.8 Å². The van der Waals surface area contributed by atoms with E-state index in [1.807, 2.05) is 36.4 Å². The van der Waals surface area contributed by atoms with Gasteiger partial charge in [0.25, 0.3) is 0 Å². The molecule has 0 aliphatic rings. The van der Waals surface area contributed by atoms with Crippen molar-refractivity contribution in [3.8, 4) is 22.9 Å². The molecule has 0 saturated heterocycles. The van der Waals surface area contributed by atoms with E-state index in [0.29, 0.717) is 28.7 Å². The Morgan fingerprint density at radius 3 is 2.43 bits per heavy atom. The SMILES string of the molecule is O=C(c1ccc(Oc2nccnc2-c2ccncc2)cc1)c1nc2ccccc2[nH]1.[HH]. The molecule has 2 aromatic carbocycles. The van der Waals surface area contributed by atoms with E-state index in [2.05, 4.69) is 24.9 Å². The number of benzene rings is 2. The van der Waals surface area contributed by atoms with E-state index in [1.54, 1.807) is 49.1 Å². The first-order chi connectivity index (χ1) is 14.8. The van der Waals surface area contributed by atoms with Gasteiger partial charge in [-0.25, -0.2) is 15.0 Å². The summed E-state index contributed by atoms with van der Waals surface area (Å²) in [5, 5.41) is 0. The fourth-order valence-electron chi connectivity index (χ4n) is 3.09. The topological polar surface area (TPSA) is 93.7 Å². The number of carbonyl (C=O) groups excluding carboxylic acids is 1. The van der Waals surface area contributed by atoms with Gasteiger partial charge in [-0.05, 0) is 48.5 Å². The molecule has 146 valence electrons. The maximum absolute atomic E-state index is 12.8. The highest BCUT2D eigenvalue weighted by molar-refractivity contribution is 6.08. The Balaban J connectivity index is 0.00000231. The van der Waals surface area contributed by atoms with Crippen molar-refractivity contribution in [2.45, 2.75) is 0 Å². The number of nitrogens with one attached hydrogen (secondary N) is 1. The summed E-state index contributed by atoms with van der Waals surface area (Å²) in [6, 6.07) is 18.1. The van der Waals surface area contributed by atoms with E-state index in [4.69, 9.17) is 4.74 Å². The molecule has 5 aromatic rings. The van der Waals surface area contributed by atoms with Crippen LogP contribution in [-0.2, 0) is 0 Å². The molecule has 1 N–H and O–H groups in total. The lowest BCUT2D eigenvalue weighted by atomic mass is 10.1. The van der Waals surface area contributed by atoms with Crippen molar-refractivity contribution in [2.24, 2.45) is 0 Å². The molecule has 0 radical (unpaired) electrons. The van der Waals surface area contributed by atoms with E-state index in [0.717, 1.165) is 16.6 Å². The minimum atomic E-state index is -0.185. The highest BCUT2D eigenvalue weighted by Gasteiger charge is 2.15. The number of pyridine rings is 1. The van der Waals surface area contributed by atoms with Crippen molar-refractivity contribution >= 4 is 16.8 Å². The van der Waals surface area contributed by atoms with Crippen LogP contribution in [0.4, 0.5) is 0 Å². The van der Waals surface area contributed by atoms with Crippen LogP contribution in [0.3, 0.4) is 0 Å². The van der Waals surface area contributed by atoms with Gasteiger partial charge in [-0.2, -0.15) is 0 Å². The Morgan fingerprint density at radius 2 is 1.63 bits per heavy atom. The number of ether oxygens (including phenoxy) is 1. The summed E-state index contributed by atoms with van der Waals surface area (Å²) in [6.07, 6.45) is 6.55. The minimum Gasteiger partial charge on any atom is -0.437 e. The van der Waals surface area contributed by atoms with Crippen LogP contribution in [0.15, 0.2) is 85.5 Å². The predicted molar refractivity (Wildman–Crippen MR) is 113 cm³/mol. The van der Waals surface area contributed by atoms with Gasteiger partial charge in [0.05, 0.1) is 11.0 Å². The molecular formula is C23H17N5O2. The molecule has 0 unspecified atom stereocenters. The largest absolute Gasteiger partial charge is 0.437 e. The summed E-state index contributed by atoms with van der Waals surface area (Å²) in [5.74, 6) is 1.04. The lowest BCUT2D eigenvalue weighted by Gasteiger charge is -2.09. The maximum Gasteiger partial charge on any atom is 0.246 e. The number of rotatable bonds is 5. The van der Waals surface area contributed by atoms with Gasteiger partial charge in [0, 0.05) is 37.3 Å². The predicted octanol–water partition coefficient (Wildman–Crippen LogP) is 4.68. The first-order valence-electron chi connectivity index (χ1n) is 9.27. The molecule has 3 heterocycles. The number of para-hydroxylation sites is 2. The molecule has 0 amide bonds. The first-order valence-corrected chi connectivity index (χ1v) is 9.27. The summed E-state index contributed by atoms with van der Waals surface area (Å²) in [4.78, 5) is 32.9. The second-order valence-corrected chi connectivity index (χ2v) is 6.50. The zero-order chi connectivity index (χ0) is 20.3. The molecule has 30 heavy (non-hydrogen) atoms. The Kier molecular flexibility index (Phi) is 4.46. The molecular weight excluding hydrogens is 378 g/mol. The number of ketones is 1. The quantitative estimate of drug-likeness (QED) is 0.434. The molecule has 0 bridgehead atoms. The molecule has 0 atom stereocenters. The monoisotopic (exact) mass is 395 g/mol. The van der Waals surface area contributed by atoms with Crippen molar-refractivity contribution in [3.63, 3.8) is 0 Å². The summed E-state index contributed by atoms with van der Waals surface area (Å²) in [5.41, 5.74) is 3.56. The van der Waals surface area contributed by atoms with E-state index in [9.17, 15) is 4.79 Å². The van der Waals surface area contributed by atoms with Crippen molar-refractivity contribution in [1.29, 1.82) is 0 Å². The Morgan fingerprint density at radius 1 is 0.867 bits per heavy atom. The number of carbonyl (C=O) groups is 1. The highest BCUT2D eigenvalue weighted by Crippen LogP contribution is 2.29. The van der Waals surface area contributed by atoms with Crippen LogP contribution in [0.1, 0.15) is 17.6 Å². The molecule has 7 nitrogen and oxygen atoms in total. The van der Waals surface area contributed by atoms with Crippen LogP contribution in [0.2, 0.25) is 0 Å². The van der Waals surface area contributed by atoms with Gasteiger partial charge in [0.1, 0.15) is 11.4 Å². The van der Waals surface area contributed by atoms with Gasteiger partial charge in [0.15, 0.2) is 5.82 Å². The molecule has 0 saturated carbocycles. The smallest absolute Gasteiger partial charge is 0.246 e. The summed E-state index contributed by atoms with van der Waals surface area (Å²) < 4.78 is 5.92. The van der Waals surface area contributed by atoms with Gasteiger partial charge in [-0.1, -0.05) is 12.1 Å². The average Bonchev–Trinajstić information content (AvgIpc) is 3.24. The number of fused-ring (bicyclic) bond motifs is 1. The number of hydrogen-bond acceptors (Lipinski definition) is 6. The van der Waals surface area contributed by atoms with Crippen LogP contribution < -0.4 is 4.74 Å². The van der Waals surface area contributed by atoms with Crippen molar-refractivity contribution in [2.75, 3.05) is 0 Å². The second-order valence-electron chi connectivity index (χ2n) is 6.50. The number of imidazole rings is 1. The molecule has 5 rings (SSSR count). The zero-order valence-corrected chi connectivity index (χ0v) is 15.7. The molecule has 0 fully saturated rings. The van der Waals surface area contributed by atoms with E-state index >= 15 is 0 Å². The first kappa shape index (κ1) is 17.7. The number of H-pyrrole nitrogens is 1. The number of aromatic amines is 1. The van der Waals surface area contributed by atoms with Crippen molar-refractivity contribution in [1.82, 2.24) is 24.9 Å². The molecule has 0 spiro atoms. The third-order valence-corrected chi connectivity index (χ3v) is 4.55. The average molecular weight is 395 g/mol. The lowest BCUT2D eigenvalue weighted by Crippen LogP contribution is -2.03. The Labute approximate surface area is 172 Å². The van der Waals surface area contributed by atoms with Crippen LogP contribution >= 0.6 is 0 Å². The normalized spacial score (nSPS) is 10.8. The van der Waals surface area contributed by atoms with Gasteiger partial charge in [0.2, 0.25) is 11.7 Å². The van der Waals surface area contributed by atoms with Crippen LogP contribution in [0.5, 0.6) is 11.6 Å². The minimum absolute atomic E-state index is 0. The van der Waals surface area contributed by atoms with Gasteiger partial charge in [-0.3, -0.25) is 9.78 Å². The van der Waals surface area contributed by atoms with E-state index < -0.39 is 0 Å². The maximum atomic E-state index is 12.8. The van der Waals surface area contributed by atoms with E-state index in [-0.39, 0.29) is 7.21 Å². The van der Waals surface area contributed by atoms with Crippen LogP contribution in [-0.4, -0.2) is 30.7 Å². The van der Waals surface area contributed by atoms with Gasteiger partial charge >= 0.3 is 0 Å². The molecule has 0 aliphatic heterocycles. The van der Waals surface area contributed by atoms with E-state index in [1.165, 1.54) is 0 Å². The summed E-state index contributed by atoms with van der Waals surface area (Å²) in [6.45, 7) is 0. The molecule has 7 heteroatoms. The van der Waals surface area contributed by atoms with Crippen LogP contribution in [0, 0.1) is 0 Å². The Hall–Kier alpha value is -4.39. The second kappa shape index (κ2) is 7.56. The van der Waals surface area contributed by atoms with Crippen molar-refractivity contribution < 1.29 is 11.0 Å². The zero-order valence-electron chi connectivity index (χ0n) is 15.7. The third-order valence-electron chi connectivity index (χ3n) is 4.55. The lowest BCUT2D eigenvalue weighted by molar-refractivity contribution is 0.103.